The highest BCUT2D eigenvalue weighted by Crippen LogP contribution is 2.56. The summed E-state index contributed by atoms with van der Waals surface area (Å²) >= 11 is 0. The molecule has 0 saturated heterocycles. The van der Waals surface area contributed by atoms with Gasteiger partial charge in [-0.05, 0) is 109 Å². The summed E-state index contributed by atoms with van der Waals surface area (Å²) in [5.41, 5.74) is 7.73. The minimum atomic E-state index is -1.14. The van der Waals surface area contributed by atoms with E-state index in [1.807, 2.05) is 0 Å². The average molecular weight is 608 g/mol. The molecule has 2 saturated carbocycles. The molecule has 0 heterocycles. The number of benzene rings is 2. The van der Waals surface area contributed by atoms with Gasteiger partial charge in [0.25, 0.3) is 0 Å². The first-order valence-corrected chi connectivity index (χ1v) is 19.6. The van der Waals surface area contributed by atoms with Crippen LogP contribution < -0.4 is 5.30 Å². The summed E-state index contributed by atoms with van der Waals surface area (Å²) in [5, 5.41) is 1.62. The molecule has 232 valence electrons. The zero-order valence-electron chi connectivity index (χ0n) is 28.0. The molecule has 0 amide bonds. The van der Waals surface area contributed by atoms with Crippen molar-refractivity contribution in [1.29, 1.82) is 0 Å². The molecule has 2 unspecified atom stereocenters. The van der Waals surface area contributed by atoms with Gasteiger partial charge in [0, 0.05) is 7.05 Å². The lowest BCUT2D eigenvalue weighted by atomic mass is 9.63. The normalized spacial score (nSPS) is 23.1. The smallest absolute Gasteiger partial charge is 0.100 e. The highest BCUT2D eigenvalue weighted by atomic mass is 32.2. The Labute approximate surface area is 262 Å². The quantitative estimate of drug-likeness (QED) is 0.287. The molecule has 0 radical (unpaired) electrons. The van der Waals surface area contributed by atoms with Gasteiger partial charge in [0.05, 0.1) is 10.8 Å². The lowest BCUT2D eigenvalue weighted by Crippen LogP contribution is -2.40. The molecule has 2 aromatic rings. The molecule has 0 aliphatic heterocycles. The Morgan fingerprint density at radius 1 is 0.786 bits per heavy atom. The summed E-state index contributed by atoms with van der Waals surface area (Å²) in [5.74, 6) is 0. The molecule has 0 N–H and O–H groups in total. The molecule has 0 bridgehead atoms. The maximum absolute atomic E-state index is 14.2. The summed E-state index contributed by atoms with van der Waals surface area (Å²) in [4.78, 5) is 0. The second-order valence-electron chi connectivity index (χ2n) is 15.9. The van der Waals surface area contributed by atoms with Crippen molar-refractivity contribution in [1.82, 2.24) is 4.31 Å². The third kappa shape index (κ3) is 6.65. The predicted octanol–water partition coefficient (Wildman–Crippen LogP) is 10.3. The highest BCUT2D eigenvalue weighted by Gasteiger charge is 2.40. The van der Waals surface area contributed by atoms with Crippen LogP contribution in [0.15, 0.2) is 42.5 Å². The number of fused-ring (bicyclic) bond motifs is 1. The first-order valence-electron chi connectivity index (χ1n) is 17.0. The lowest BCUT2D eigenvalue weighted by Gasteiger charge is -2.43. The fourth-order valence-corrected chi connectivity index (χ4v) is 13.5. The van der Waals surface area contributed by atoms with Crippen molar-refractivity contribution in [2.45, 2.75) is 158 Å². The molecule has 0 spiro atoms. The van der Waals surface area contributed by atoms with Crippen LogP contribution in [-0.2, 0) is 21.8 Å². The maximum Gasteiger partial charge on any atom is 0.100 e. The SMILES string of the molecule is CN(C(c1ccc2c(c1)C(C)(C)CCC2(C)C)c1ccccc1P(C1CCCCC1)C1CCCCC1)S(=O)C(C)(C)C. The molecule has 2 aromatic carbocycles. The van der Waals surface area contributed by atoms with E-state index in [0.29, 0.717) is 0 Å². The van der Waals surface area contributed by atoms with Gasteiger partial charge >= 0.3 is 0 Å². The molecular weight excluding hydrogens is 549 g/mol. The zero-order chi connectivity index (χ0) is 30.3. The molecule has 4 heteroatoms. The van der Waals surface area contributed by atoms with Gasteiger partial charge in [-0.25, -0.2) is 8.51 Å². The van der Waals surface area contributed by atoms with Crippen LogP contribution in [0.1, 0.15) is 154 Å². The van der Waals surface area contributed by atoms with E-state index < -0.39 is 11.0 Å². The summed E-state index contributed by atoms with van der Waals surface area (Å²) in [6.07, 6.45) is 16.4. The van der Waals surface area contributed by atoms with Crippen molar-refractivity contribution in [3.05, 3.63) is 64.7 Å². The fraction of sp³-hybridized carbons (Fsp3) is 0.684. The molecule has 2 atom stereocenters. The van der Waals surface area contributed by atoms with Gasteiger partial charge in [0.1, 0.15) is 11.0 Å². The summed E-state index contributed by atoms with van der Waals surface area (Å²) in [6, 6.07) is 16.8. The van der Waals surface area contributed by atoms with Crippen LogP contribution in [0.4, 0.5) is 0 Å². The maximum atomic E-state index is 14.2. The topological polar surface area (TPSA) is 20.3 Å². The van der Waals surface area contributed by atoms with E-state index >= 15 is 0 Å². The van der Waals surface area contributed by atoms with Gasteiger partial charge in [0.15, 0.2) is 0 Å². The first kappa shape index (κ1) is 32.4. The number of hydrogen-bond acceptors (Lipinski definition) is 1. The van der Waals surface area contributed by atoms with Gasteiger partial charge in [-0.15, -0.1) is 0 Å². The van der Waals surface area contributed by atoms with E-state index in [2.05, 4.69) is 102 Å². The largest absolute Gasteiger partial charge is 0.242 e. The van der Waals surface area contributed by atoms with Gasteiger partial charge in [0.2, 0.25) is 0 Å². The monoisotopic (exact) mass is 607 g/mol. The number of rotatable bonds is 7. The van der Waals surface area contributed by atoms with E-state index in [4.69, 9.17) is 0 Å². The summed E-state index contributed by atoms with van der Waals surface area (Å²) in [7, 11) is 0.709. The minimum Gasteiger partial charge on any atom is -0.242 e. The van der Waals surface area contributed by atoms with Crippen LogP contribution >= 0.6 is 7.92 Å². The van der Waals surface area contributed by atoms with E-state index in [1.165, 1.54) is 99.3 Å². The molecule has 42 heavy (non-hydrogen) atoms. The molecular formula is C38H58NOPS. The van der Waals surface area contributed by atoms with E-state index in [9.17, 15) is 4.21 Å². The van der Waals surface area contributed by atoms with Crippen LogP contribution in [0.25, 0.3) is 0 Å². The van der Waals surface area contributed by atoms with Gasteiger partial charge < -0.3 is 0 Å². The van der Waals surface area contributed by atoms with E-state index in [0.717, 1.165) is 11.3 Å². The molecule has 0 aromatic heterocycles. The summed E-state index contributed by atoms with van der Waals surface area (Å²) < 4.78 is 16.1. The fourth-order valence-electron chi connectivity index (χ4n) is 8.25. The Morgan fingerprint density at radius 3 is 1.86 bits per heavy atom. The Kier molecular flexibility index (Phi) is 9.84. The molecule has 3 aliphatic carbocycles. The van der Waals surface area contributed by atoms with Crippen LogP contribution in [-0.4, -0.2) is 31.6 Å². The lowest BCUT2D eigenvalue weighted by molar-refractivity contribution is 0.330. The third-order valence-electron chi connectivity index (χ3n) is 10.8. The van der Waals surface area contributed by atoms with Crippen molar-refractivity contribution in [2.24, 2.45) is 0 Å². The molecule has 3 aliphatic rings. The number of nitrogens with zero attached hydrogens (tertiary/aromatic N) is 1. The van der Waals surface area contributed by atoms with E-state index in [-0.39, 0.29) is 29.5 Å². The first-order chi connectivity index (χ1) is 19.8. The van der Waals surface area contributed by atoms with Crippen LogP contribution in [0.5, 0.6) is 0 Å². The van der Waals surface area contributed by atoms with Crippen molar-refractivity contribution < 1.29 is 4.21 Å². The van der Waals surface area contributed by atoms with Crippen molar-refractivity contribution >= 4 is 24.2 Å². The predicted molar refractivity (Wildman–Crippen MR) is 186 cm³/mol. The second-order valence-corrected chi connectivity index (χ2v) is 21.0. The average Bonchev–Trinajstić information content (AvgIpc) is 2.97. The van der Waals surface area contributed by atoms with Gasteiger partial charge in [-0.2, -0.15) is 0 Å². The second kappa shape index (κ2) is 12.8. The molecule has 5 rings (SSSR count). The zero-order valence-corrected chi connectivity index (χ0v) is 29.7. The van der Waals surface area contributed by atoms with Crippen LogP contribution in [0, 0.1) is 0 Å². The standard InChI is InChI=1S/C38H58NOPS/c1-36(2,3)42(40)39(8)35(28-23-24-32-33(27-28)38(6,7)26-25-37(32,4)5)31-21-15-16-22-34(31)41(29-17-11-9-12-18-29)30-19-13-10-14-20-30/h15-16,21-24,27,29-30,35H,9-14,17-20,25-26H2,1-8H3. The van der Waals surface area contributed by atoms with E-state index in [1.54, 1.807) is 5.30 Å². The Morgan fingerprint density at radius 2 is 1.31 bits per heavy atom. The van der Waals surface area contributed by atoms with Gasteiger partial charge in [-0.1, -0.05) is 117 Å². The molecule has 2 fully saturated rings. The van der Waals surface area contributed by atoms with Crippen LogP contribution in [0.2, 0.25) is 0 Å². The van der Waals surface area contributed by atoms with Crippen molar-refractivity contribution in [3.63, 3.8) is 0 Å². The highest BCUT2D eigenvalue weighted by molar-refractivity contribution is 7.84. The van der Waals surface area contributed by atoms with Crippen LogP contribution in [0.3, 0.4) is 0 Å². The Bertz CT molecular complexity index is 1230. The minimum absolute atomic E-state index is 0.0235. The van der Waals surface area contributed by atoms with Gasteiger partial charge in [-0.3, -0.25) is 0 Å². The summed E-state index contributed by atoms with van der Waals surface area (Å²) in [6.45, 7) is 16.0. The Hall–Kier alpha value is -1.02. The third-order valence-corrected chi connectivity index (χ3v) is 16.1. The van der Waals surface area contributed by atoms with Crippen molar-refractivity contribution in [2.75, 3.05) is 7.05 Å². The Balaban J connectivity index is 1.69. The van der Waals surface area contributed by atoms with Crippen molar-refractivity contribution in [3.8, 4) is 0 Å². The number of hydrogen-bond donors (Lipinski definition) is 0. The molecule has 2 nitrogen and oxygen atoms in total.